The molecule has 0 atom stereocenters. The lowest BCUT2D eigenvalue weighted by molar-refractivity contribution is 0.335. The van der Waals surface area contributed by atoms with Crippen LogP contribution < -0.4 is 4.74 Å². The largest absolute Gasteiger partial charge is 0.495 e. The van der Waals surface area contributed by atoms with Gasteiger partial charge in [0.05, 0.1) is 13.7 Å². The molecule has 0 saturated heterocycles. The maximum atomic E-state index is 12.9. The normalized spacial score (nSPS) is 11.7. The van der Waals surface area contributed by atoms with Crippen LogP contribution in [0.15, 0.2) is 51.9 Å². The Labute approximate surface area is 162 Å². The van der Waals surface area contributed by atoms with Crippen LogP contribution in [0, 0.1) is 6.92 Å². The maximum Gasteiger partial charge on any atom is 0.247 e. The van der Waals surface area contributed by atoms with Crippen LogP contribution >= 0.6 is 11.6 Å². The number of rotatable bonds is 6. The van der Waals surface area contributed by atoms with Crippen molar-refractivity contribution >= 4 is 21.6 Å². The van der Waals surface area contributed by atoms with Gasteiger partial charge in [-0.1, -0.05) is 46.6 Å². The predicted octanol–water partition coefficient (Wildman–Crippen LogP) is 3.53. The molecule has 0 aliphatic carbocycles. The summed E-state index contributed by atoms with van der Waals surface area (Å²) in [7, 11) is -1.05. The quantitative estimate of drug-likeness (QED) is 0.621. The molecule has 0 fully saturated rings. The van der Waals surface area contributed by atoms with Crippen molar-refractivity contribution in [3.63, 3.8) is 0 Å². The second-order valence-electron chi connectivity index (χ2n) is 5.93. The zero-order valence-corrected chi connectivity index (χ0v) is 16.6. The van der Waals surface area contributed by atoms with Gasteiger partial charge >= 0.3 is 0 Å². The van der Waals surface area contributed by atoms with Crippen molar-refractivity contribution in [2.45, 2.75) is 18.4 Å². The minimum absolute atomic E-state index is 0.0294. The van der Waals surface area contributed by atoms with Crippen molar-refractivity contribution < 1.29 is 17.7 Å². The number of aryl methyl sites for hydroxylation is 1. The van der Waals surface area contributed by atoms with E-state index in [-0.39, 0.29) is 23.1 Å². The minimum atomic E-state index is -3.87. The third-order valence-electron chi connectivity index (χ3n) is 3.95. The van der Waals surface area contributed by atoms with Gasteiger partial charge in [0, 0.05) is 17.6 Å². The summed E-state index contributed by atoms with van der Waals surface area (Å²) in [6, 6.07) is 12.0. The number of benzene rings is 2. The SMILES string of the molecule is COc1ccc(Cl)cc1S(=O)(=O)N(C)Cc1nc(-c2ccc(C)cc2)no1. The molecule has 0 aliphatic heterocycles. The first kappa shape index (κ1) is 19.3. The van der Waals surface area contributed by atoms with Crippen LogP contribution in [0.1, 0.15) is 11.5 Å². The molecule has 9 heteroatoms. The molecule has 0 bridgehead atoms. The Kier molecular flexibility index (Phi) is 5.50. The highest BCUT2D eigenvalue weighted by molar-refractivity contribution is 7.89. The molecule has 1 heterocycles. The topological polar surface area (TPSA) is 85.5 Å². The third-order valence-corrected chi connectivity index (χ3v) is 6.01. The van der Waals surface area contributed by atoms with Crippen LogP contribution in [-0.4, -0.2) is 37.0 Å². The van der Waals surface area contributed by atoms with E-state index in [0.29, 0.717) is 10.8 Å². The molecule has 27 heavy (non-hydrogen) atoms. The van der Waals surface area contributed by atoms with Gasteiger partial charge in [0.2, 0.25) is 21.7 Å². The van der Waals surface area contributed by atoms with Gasteiger partial charge in [0.1, 0.15) is 10.6 Å². The second-order valence-corrected chi connectivity index (χ2v) is 8.38. The van der Waals surface area contributed by atoms with E-state index >= 15 is 0 Å². The fraction of sp³-hybridized carbons (Fsp3) is 0.222. The molecule has 2 aromatic carbocycles. The minimum Gasteiger partial charge on any atom is -0.495 e. The van der Waals surface area contributed by atoms with Gasteiger partial charge in [-0.25, -0.2) is 8.42 Å². The number of hydrogen-bond donors (Lipinski definition) is 0. The maximum absolute atomic E-state index is 12.9. The number of halogens is 1. The Balaban J connectivity index is 1.84. The summed E-state index contributed by atoms with van der Waals surface area (Å²) in [5.41, 5.74) is 1.90. The second kappa shape index (κ2) is 7.67. The molecule has 1 aromatic heterocycles. The van der Waals surface area contributed by atoms with Crippen LogP contribution in [0.3, 0.4) is 0 Å². The Morgan fingerprint density at radius 1 is 1.19 bits per heavy atom. The molecule has 0 unspecified atom stereocenters. The summed E-state index contributed by atoms with van der Waals surface area (Å²) >= 11 is 5.95. The van der Waals surface area contributed by atoms with E-state index in [9.17, 15) is 8.42 Å². The fourth-order valence-electron chi connectivity index (χ4n) is 2.43. The summed E-state index contributed by atoms with van der Waals surface area (Å²) in [4.78, 5) is 4.25. The van der Waals surface area contributed by atoms with Crippen LogP contribution in [0.4, 0.5) is 0 Å². The summed E-state index contributed by atoms with van der Waals surface area (Å²) in [5, 5.41) is 4.21. The number of aromatic nitrogens is 2. The molecule has 0 radical (unpaired) electrons. The van der Waals surface area contributed by atoms with E-state index in [1.165, 1.54) is 26.3 Å². The number of methoxy groups -OCH3 is 1. The van der Waals surface area contributed by atoms with Crippen molar-refractivity contribution in [3.8, 4) is 17.1 Å². The van der Waals surface area contributed by atoms with Crippen LogP contribution in [0.2, 0.25) is 5.02 Å². The molecule has 0 amide bonds. The molecule has 0 aliphatic rings. The zero-order chi connectivity index (χ0) is 19.6. The highest BCUT2D eigenvalue weighted by Crippen LogP contribution is 2.29. The lowest BCUT2D eigenvalue weighted by Gasteiger charge is -2.17. The van der Waals surface area contributed by atoms with E-state index < -0.39 is 10.0 Å². The molecule has 7 nitrogen and oxygen atoms in total. The van der Waals surface area contributed by atoms with Gasteiger partial charge in [-0.05, 0) is 25.1 Å². The highest BCUT2D eigenvalue weighted by Gasteiger charge is 2.27. The molecular weight excluding hydrogens is 390 g/mol. The molecule has 142 valence electrons. The zero-order valence-electron chi connectivity index (χ0n) is 15.0. The number of hydrogen-bond acceptors (Lipinski definition) is 6. The van der Waals surface area contributed by atoms with Gasteiger partial charge in [-0.15, -0.1) is 0 Å². The Morgan fingerprint density at radius 3 is 2.56 bits per heavy atom. The predicted molar refractivity (Wildman–Crippen MR) is 101 cm³/mol. The first-order chi connectivity index (χ1) is 12.8. The molecule has 0 saturated carbocycles. The summed E-state index contributed by atoms with van der Waals surface area (Å²) < 4.78 is 37.2. The van der Waals surface area contributed by atoms with Crippen molar-refractivity contribution in [2.75, 3.05) is 14.2 Å². The van der Waals surface area contributed by atoms with Crippen molar-refractivity contribution in [1.29, 1.82) is 0 Å². The monoisotopic (exact) mass is 407 g/mol. The Morgan fingerprint density at radius 2 is 1.89 bits per heavy atom. The molecular formula is C18H18ClN3O4S. The van der Waals surface area contributed by atoms with Crippen LogP contribution in [0.25, 0.3) is 11.4 Å². The summed E-state index contributed by atoms with van der Waals surface area (Å²) in [6.45, 7) is 1.90. The molecule has 3 aromatic rings. The summed E-state index contributed by atoms with van der Waals surface area (Å²) in [5.74, 6) is 0.783. The van der Waals surface area contributed by atoms with Crippen molar-refractivity contribution in [2.24, 2.45) is 0 Å². The lowest BCUT2D eigenvalue weighted by atomic mass is 10.1. The summed E-state index contributed by atoms with van der Waals surface area (Å²) in [6.07, 6.45) is 0. The fourth-order valence-corrected chi connectivity index (χ4v) is 3.97. The number of ether oxygens (including phenoxy) is 1. The van der Waals surface area contributed by atoms with Gasteiger partial charge < -0.3 is 9.26 Å². The average molecular weight is 408 g/mol. The van der Waals surface area contributed by atoms with Crippen LogP contribution in [-0.2, 0) is 16.6 Å². The van der Waals surface area contributed by atoms with E-state index in [1.807, 2.05) is 31.2 Å². The standard InChI is InChI=1S/C18H18ClN3O4S/c1-12-4-6-13(7-5-12)18-20-17(26-21-18)11-22(2)27(23,24)16-10-14(19)8-9-15(16)25-3/h4-10H,11H2,1-3H3. The number of sulfonamides is 1. The van der Waals surface area contributed by atoms with Gasteiger partial charge in [-0.2, -0.15) is 9.29 Å². The number of nitrogens with zero attached hydrogens (tertiary/aromatic N) is 3. The smallest absolute Gasteiger partial charge is 0.247 e. The van der Waals surface area contributed by atoms with Crippen molar-refractivity contribution in [1.82, 2.24) is 14.4 Å². The highest BCUT2D eigenvalue weighted by atomic mass is 35.5. The Bertz CT molecular complexity index is 1050. The molecule has 3 rings (SSSR count). The van der Waals surface area contributed by atoms with E-state index in [2.05, 4.69) is 10.1 Å². The Hall–Kier alpha value is -2.42. The van der Waals surface area contributed by atoms with Gasteiger partial charge in [0.15, 0.2) is 0 Å². The third kappa shape index (κ3) is 4.13. The lowest BCUT2D eigenvalue weighted by Crippen LogP contribution is -2.27. The van der Waals surface area contributed by atoms with E-state index in [0.717, 1.165) is 15.4 Å². The van der Waals surface area contributed by atoms with Crippen molar-refractivity contribution in [3.05, 3.63) is 58.9 Å². The molecule has 0 N–H and O–H groups in total. The van der Waals surface area contributed by atoms with Gasteiger partial charge in [-0.3, -0.25) is 0 Å². The van der Waals surface area contributed by atoms with E-state index in [1.54, 1.807) is 6.07 Å². The molecule has 0 spiro atoms. The van der Waals surface area contributed by atoms with Gasteiger partial charge in [0.25, 0.3) is 0 Å². The average Bonchev–Trinajstić information content (AvgIpc) is 3.10. The van der Waals surface area contributed by atoms with Crippen LogP contribution in [0.5, 0.6) is 5.75 Å². The van der Waals surface area contributed by atoms with E-state index in [4.69, 9.17) is 20.9 Å². The first-order valence-corrected chi connectivity index (χ1v) is 9.82. The first-order valence-electron chi connectivity index (χ1n) is 8.01.